The van der Waals surface area contributed by atoms with Crippen molar-refractivity contribution in [1.29, 1.82) is 0 Å². The molecule has 138 valence electrons. The molecule has 1 saturated heterocycles. The first-order chi connectivity index (χ1) is 12.5. The van der Waals surface area contributed by atoms with Crippen molar-refractivity contribution < 1.29 is 9.50 Å². The standard InChI is InChI=1S/C22H27FN2O/c1-24(2)21-17-25(15-6-7-18-10-12-20(23)13-11-18)16-14-22(21,26)19-8-4-3-5-9-19/h3-13,21,26H,14-17H2,1-2H3/b7-6+/t21-,22+/m1/s1. The maximum Gasteiger partial charge on any atom is 0.123 e. The molecule has 1 heterocycles. The van der Waals surface area contributed by atoms with E-state index in [0.717, 1.165) is 30.8 Å². The lowest BCUT2D eigenvalue weighted by atomic mass is 9.80. The number of hydrogen-bond donors (Lipinski definition) is 1. The number of piperidine rings is 1. The molecule has 0 aliphatic carbocycles. The van der Waals surface area contributed by atoms with E-state index in [-0.39, 0.29) is 11.9 Å². The van der Waals surface area contributed by atoms with Crippen molar-refractivity contribution >= 4 is 6.08 Å². The van der Waals surface area contributed by atoms with Crippen molar-refractivity contribution in [1.82, 2.24) is 9.80 Å². The van der Waals surface area contributed by atoms with Crippen molar-refractivity contribution in [2.24, 2.45) is 0 Å². The Morgan fingerprint density at radius 3 is 2.50 bits per heavy atom. The van der Waals surface area contributed by atoms with E-state index in [9.17, 15) is 9.50 Å². The van der Waals surface area contributed by atoms with Crippen LogP contribution in [-0.2, 0) is 5.60 Å². The Labute approximate surface area is 155 Å². The van der Waals surface area contributed by atoms with Crippen LogP contribution in [0.5, 0.6) is 0 Å². The van der Waals surface area contributed by atoms with Gasteiger partial charge in [0.25, 0.3) is 0 Å². The lowest BCUT2D eigenvalue weighted by molar-refractivity contribution is -0.0857. The van der Waals surface area contributed by atoms with Crippen LogP contribution in [0.1, 0.15) is 17.5 Å². The lowest BCUT2D eigenvalue weighted by Gasteiger charge is -2.47. The van der Waals surface area contributed by atoms with Crippen LogP contribution in [0, 0.1) is 5.82 Å². The highest BCUT2D eigenvalue weighted by Crippen LogP contribution is 2.35. The number of halogens is 1. The van der Waals surface area contributed by atoms with Crippen LogP contribution in [0.3, 0.4) is 0 Å². The van der Waals surface area contributed by atoms with Crippen molar-refractivity contribution in [2.75, 3.05) is 33.7 Å². The molecule has 1 N–H and O–H groups in total. The molecule has 0 bridgehead atoms. The highest BCUT2D eigenvalue weighted by atomic mass is 19.1. The summed E-state index contributed by atoms with van der Waals surface area (Å²) in [7, 11) is 4.05. The van der Waals surface area contributed by atoms with E-state index in [1.807, 2.05) is 50.5 Å². The molecule has 0 unspecified atom stereocenters. The first-order valence-electron chi connectivity index (χ1n) is 9.08. The van der Waals surface area contributed by atoms with Gasteiger partial charge in [-0.15, -0.1) is 0 Å². The Hall–Kier alpha value is -2.01. The van der Waals surface area contributed by atoms with E-state index in [1.165, 1.54) is 12.1 Å². The molecule has 0 radical (unpaired) electrons. The van der Waals surface area contributed by atoms with Gasteiger partial charge in [0.2, 0.25) is 0 Å². The fraction of sp³-hybridized carbons (Fsp3) is 0.364. The number of nitrogens with zero attached hydrogens (tertiary/aromatic N) is 2. The van der Waals surface area contributed by atoms with Gasteiger partial charge in [-0.1, -0.05) is 54.6 Å². The number of likely N-dealkylation sites (N-methyl/N-ethyl adjacent to an activating group) is 1. The summed E-state index contributed by atoms with van der Waals surface area (Å²) in [6, 6.07) is 16.5. The minimum absolute atomic E-state index is 0.0258. The Balaban J connectivity index is 1.67. The van der Waals surface area contributed by atoms with Crippen molar-refractivity contribution in [3.8, 4) is 0 Å². The summed E-state index contributed by atoms with van der Waals surface area (Å²) in [5.41, 5.74) is 1.15. The number of hydrogen-bond acceptors (Lipinski definition) is 3. The third kappa shape index (κ3) is 4.21. The molecule has 1 aliphatic heterocycles. The molecule has 2 atom stereocenters. The minimum Gasteiger partial charge on any atom is -0.383 e. The van der Waals surface area contributed by atoms with Gasteiger partial charge in [-0.2, -0.15) is 0 Å². The molecule has 0 spiro atoms. The average molecular weight is 354 g/mol. The van der Waals surface area contributed by atoms with Crippen LogP contribution in [0.15, 0.2) is 60.7 Å². The summed E-state index contributed by atoms with van der Waals surface area (Å²) < 4.78 is 13.0. The van der Waals surface area contributed by atoms with E-state index < -0.39 is 5.60 Å². The Bertz CT molecular complexity index is 730. The van der Waals surface area contributed by atoms with E-state index in [0.29, 0.717) is 6.42 Å². The maximum atomic E-state index is 13.0. The monoisotopic (exact) mass is 354 g/mol. The zero-order chi connectivity index (χ0) is 18.6. The van der Waals surface area contributed by atoms with Gasteiger partial charge in [-0.05, 0) is 43.8 Å². The molecule has 1 aliphatic rings. The van der Waals surface area contributed by atoms with Gasteiger partial charge in [-0.25, -0.2) is 4.39 Å². The smallest absolute Gasteiger partial charge is 0.123 e. The summed E-state index contributed by atoms with van der Waals surface area (Å²) in [5.74, 6) is -0.216. The van der Waals surface area contributed by atoms with E-state index in [4.69, 9.17) is 0 Å². The molecular weight excluding hydrogens is 327 g/mol. The number of rotatable bonds is 5. The summed E-state index contributed by atoms with van der Waals surface area (Å²) in [6.45, 7) is 2.45. The Morgan fingerprint density at radius 2 is 1.85 bits per heavy atom. The van der Waals surface area contributed by atoms with Gasteiger partial charge < -0.3 is 10.0 Å². The topological polar surface area (TPSA) is 26.7 Å². The fourth-order valence-electron chi connectivity index (χ4n) is 3.71. The third-order valence-corrected chi connectivity index (χ3v) is 5.23. The van der Waals surface area contributed by atoms with Gasteiger partial charge in [0.1, 0.15) is 11.4 Å². The van der Waals surface area contributed by atoms with Gasteiger partial charge >= 0.3 is 0 Å². The molecule has 3 rings (SSSR count). The van der Waals surface area contributed by atoms with Crippen LogP contribution in [0.4, 0.5) is 4.39 Å². The second-order valence-electron chi connectivity index (χ2n) is 7.23. The van der Waals surface area contributed by atoms with Gasteiger partial charge in [0, 0.05) is 19.6 Å². The first-order valence-corrected chi connectivity index (χ1v) is 9.08. The summed E-state index contributed by atoms with van der Waals surface area (Å²) in [5, 5.41) is 11.4. The largest absolute Gasteiger partial charge is 0.383 e. The summed E-state index contributed by atoms with van der Waals surface area (Å²) in [4.78, 5) is 4.46. The molecule has 2 aromatic carbocycles. The lowest BCUT2D eigenvalue weighted by Crippen LogP contribution is -2.59. The predicted octanol–water partition coefficient (Wildman–Crippen LogP) is 3.36. The molecule has 26 heavy (non-hydrogen) atoms. The SMILES string of the molecule is CN(C)[C@@H]1CN(C/C=C/c2ccc(F)cc2)CC[C@]1(O)c1ccccc1. The van der Waals surface area contributed by atoms with E-state index in [2.05, 4.69) is 15.9 Å². The molecule has 0 saturated carbocycles. The maximum absolute atomic E-state index is 13.0. The fourth-order valence-corrected chi connectivity index (χ4v) is 3.71. The second-order valence-corrected chi connectivity index (χ2v) is 7.23. The van der Waals surface area contributed by atoms with Gasteiger partial charge in [0.05, 0.1) is 6.04 Å². The molecular formula is C22H27FN2O. The highest BCUT2D eigenvalue weighted by Gasteiger charge is 2.43. The third-order valence-electron chi connectivity index (χ3n) is 5.23. The van der Waals surface area contributed by atoms with Crippen LogP contribution in [0.2, 0.25) is 0 Å². The summed E-state index contributed by atoms with van der Waals surface area (Å²) >= 11 is 0. The van der Waals surface area contributed by atoms with Crippen LogP contribution >= 0.6 is 0 Å². The van der Waals surface area contributed by atoms with Crippen molar-refractivity contribution in [3.05, 3.63) is 77.6 Å². The zero-order valence-corrected chi connectivity index (χ0v) is 15.5. The van der Waals surface area contributed by atoms with Gasteiger partial charge in [-0.3, -0.25) is 4.90 Å². The quantitative estimate of drug-likeness (QED) is 0.892. The number of likely N-dealkylation sites (tertiary alicyclic amines) is 1. The Morgan fingerprint density at radius 1 is 1.15 bits per heavy atom. The van der Waals surface area contributed by atoms with Crippen molar-refractivity contribution in [3.63, 3.8) is 0 Å². The minimum atomic E-state index is -0.831. The number of benzene rings is 2. The molecule has 4 heteroatoms. The average Bonchev–Trinajstić information content (AvgIpc) is 2.65. The van der Waals surface area contributed by atoms with Crippen molar-refractivity contribution in [2.45, 2.75) is 18.1 Å². The molecule has 3 nitrogen and oxygen atoms in total. The zero-order valence-electron chi connectivity index (χ0n) is 15.5. The second kappa shape index (κ2) is 8.12. The molecule has 0 amide bonds. The molecule has 2 aromatic rings. The molecule has 0 aromatic heterocycles. The van der Waals surface area contributed by atoms with Gasteiger partial charge in [0.15, 0.2) is 0 Å². The van der Waals surface area contributed by atoms with E-state index >= 15 is 0 Å². The Kier molecular flexibility index (Phi) is 5.87. The molecule has 1 fully saturated rings. The van der Waals surface area contributed by atoms with E-state index in [1.54, 1.807) is 12.1 Å². The first kappa shape index (κ1) is 18.8. The number of aliphatic hydroxyl groups is 1. The van der Waals surface area contributed by atoms with Crippen LogP contribution < -0.4 is 0 Å². The van der Waals surface area contributed by atoms with Crippen LogP contribution in [-0.4, -0.2) is 54.7 Å². The normalized spacial score (nSPS) is 24.4. The highest BCUT2D eigenvalue weighted by molar-refractivity contribution is 5.49. The van der Waals surface area contributed by atoms with Crippen LogP contribution in [0.25, 0.3) is 6.08 Å². The summed E-state index contributed by atoms with van der Waals surface area (Å²) in [6.07, 6.45) is 4.82. The predicted molar refractivity (Wildman–Crippen MR) is 104 cm³/mol.